The zero-order chi connectivity index (χ0) is 10.1. The first kappa shape index (κ1) is 9.69. The highest BCUT2D eigenvalue weighted by Crippen LogP contribution is 2.23. The molecule has 1 aromatic carbocycles. The zero-order valence-corrected chi connectivity index (χ0v) is 7.01. The Kier molecular flexibility index (Phi) is 2.35. The van der Waals surface area contributed by atoms with Crippen LogP contribution in [0.3, 0.4) is 0 Å². The van der Waals surface area contributed by atoms with E-state index in [1.54, 1.807) is 0 Å². The molecule has 0 spiro atoms. The maximum absolute atomic E-state index is 13.1. The van der Waals surface area contributed by atoms with Gasteiger partial charge in [0.05, 0.1) is 0 Å². The summed E-state index contributed by atoms with van der Waals surface area (Å²) in [5, 5.41) is 9.46. The molecule has 0 bridgehead atoms. The zero-order valence-electron chi connectivity index (χ0n) is 7.01. The number of aliphatic hydroxyl groups is 1. The van der Waals surface area contributed by atoms with E-state index in [4.69, 9.17) is 6.42 Å². The van der Waals surface area contributed by atoms with E-state index in [-0.39, 0.29) is 5.56 Å². The van der Waals surface area contributed by atoms with Crippen LogP contribution in [0, 0.1) is 24.0 Å². The minimum atomic E-state index is -1.77. The molecule has 3 heteroatoms. The predicted molar refractivity (Wildman–Crippen MR) is 44.8 cm³/mol. The van der Waals surface area contributed by atoms with E-state index < -0.39 is 17.2 Å². The fourth-order valence-corrected chi connectivity index (χ4v) is 0.958. The lowest BCUT2D eigenvalue weighted by atomic mass is 9.96. The van der Waals surface area contributed by atoms with Gasteiger partial charge >= 0.3 is 0 Å². The molecule has 0 aromatic heterocycles. The highest BCUT2D eigenvalue weighted by atomic mass is 19.2. The smallest absolute Gasteiger partial charge is 0.165 e. The molecule has 1 aromatic rings. The van der Waals surface area contributed by atoms with Crippen molar-refractivity contribution in [2.45, 2.75) is 12.5 Å². The Hall–Kier alpha value is -1.40. The average molecular weight is 182 g/mol. The van der Waals surface area contributed by atoms with Crippen molar-refractivity contribution in [3.63, 3.8) is 0 Å². The summed E-state index contributed by atoms with van der Waals surface area (Å²) in [6, 6.07) is 3.50. The Labute approximate surface area is 75.0 Å². The van der Waals surface area contributed by atoms with Gasteiger partial charge in [-0.1, -0.05) is 18.1 Å². The monoisotopic (exact) mass is 182 g/mol. The van der Waals surface area contributed by atoms with Crippen molar-refractivity contribution in [1.29, 1.82) is 0 Å². The summed E-state index contributed by atoms with van der Waals surface area (Å²) in [6.07, 6.45) is 4.97. The van der Waals surface area contributed by atoms with Crippen LogP contribution in [0.2, 0.25) is 0 Å². The van der Waals surface area contributed by atoms with E-state index in [1.807, 2.05) is 5.92 Å². The molecule has 0 amide bonds. The van der Waals surface area contributed by atoms with Crippen LogP contribution in [0.1, 0.15) is 12.5 Å². The Morgan fingerprint density at radius 3 is 2.62 bits per heavy atom. The summed E-state index contributed by atoms with van der Waals surface area (Å²) < 4.78 is 25.7. The van der Waals surface area contributed by atoms with Gasteiger partial charge in [-0.2, -0.15) is 0 Å². The van der Waals surface area contributed by atoms with Crippen LogP contribution in [0.4, 0.5) is 8.78 Å². The second kappa shape index (κ2) is 3.15. The lowest BCUT2D eigenvalue weighted by Gasteiger charge is -2.17. The van der Waals surface area contributed by atoms with Crippen LogP contribution in [0.15, 0.2) is 18.2 Å². The maximum atomic E-state index is 13.1. The second-order valence-electron chi connectivity index (χ2n) is 2.82. The second-order valence-corrected chi connectivity index (χ2v) is 2.82. The Bertz CT molecular complexity index is 364. The molecule has 0 aliphatic rings. The molecular formula is C10H8F2O. The van der Waals surface area contributed by atoms with E-state index in [0.29, 0.717) is 0 Å². The summed E-state index contributed by atoms with van der Waals surface area (Å²) in [6.45, 7) is 1.23. The number of hydrogen-bond acceptors (Lipinski definition) is 1. The van der Waals surface area contributed by atoms with Crippen LogP contribution in [0.25, 0.3) is 0 Å². The molecule has 0 radical (unpaired) electrons. The maximum Gasteiger partial charge on any atom is 0.165 e. The molecule has 0 saturated carbocycles. The third-order valence-corrected chi connectivity index (χ3v) is 1.76. The number of hydrogen-bond donors (Lipinski definition) is 1. The number of benzene rings is 1. The lowest BCUT2D eigenvalue weighted by Crippen LogP contribution is -2.20. The largest absolute Gasteiger partial charge is 0.374 e. The van der Waals surface area contributed by atoms with Gasteiger partial charge in [0, 0.05) is 5.56 Å². The van der Waals surface area contributed by atoms with Crippen molar-refractivity contribution in [3.05, 3.63) is 35.4 Å². The van der Waals surface area contributed by atoms with Gasteiger partial charge in [-0.25, -0.2) is 8.78 Å². The normalized spacial score (nSPS) is 14.7. The minimum absolute atomic E-state index is 0.227. The van der Waals surface area contributed by atoms with Crippen LogP contribution in [0.5, 0.6) is 0 Å². The van der Waals surface area contributed by atoms with Crippen molar-refractivity contribution in [2.24, 2.45) is 0 Å². The molecule has 0 fully saturated rings. The number of terminal acetylenes is 1. The molecule has 13 heavy (non-hydrogen) atoms. The van der Waals surface area contributed by atoms with Gasteiger partial charge in [-0.3, -0.25) is 0 Å². The van der Waals surface area contributed by atoms with Gasteiger partial charge in [0.15, 0.2) is 17.2 Å². The molecule has 0 heterocycles. The van der Waals surface area contributed by atoms with E-state index in [2.05, 4.69) is 0 Å². The van der Waals surface area contributed by atoms with Gasteiger partial charge < -0.3 is 5.11 Å². The Morgan fingerprint density at radius 1 is 1.46 bits per heavy atom. The molecular weight excluding hydrogens is 174 g/mol. The molecule has 1 rings (SSSR count). The first-order valence-corrected chi connectivity index (χ1v) is 3.63. The highest BCUT2D eigenvalue weighted by molar-refractivity contribution is 5.31. The first-order valence-electron chi connectivity index (χ1n) is 3.63. The van der Waals surface area contributed by atoms with Crippen LogP contribution in [-0.2, 0) is 5.60 Å². The van der Waals surface area contributed by atoms with E-state index in [1.165, 1.54) is 19.1 Å². The topological polar surface area (TPSA) is 20.2 Å². The third kappa shape index (κ3) is 1.68. The predicted octanol–water partition coefficient (Wildman–Crippen LogP) is 1.81. The minimum Gasteiger partial charge on any atom is -0.374 e. The third-order valence-electron chi connectivity index (χ3n) is 1.76. The highest BCUT2D eigenvalue weighted by Gasteiger charge is 2.25. The van der Waals surface area contributed by atoms with Gasteiger partial charge in [0.2, 0.25) is 0 Å². The molecule has 68 valence electrons. The molecule has 0 saturated heterocycles. The first-order chi connectivity index (χ1) is 5.99. The summed E-state index contributed by atoms with van der Waals surface area (Å²) in [7, 11) is 0. The van der Waals surface area contributed by atoms with Crippen molar-refractivity contribution < 1.29 is 13.9 Å². The number of rotatable bonds is 1. The van der Waals surface area contributed by atoms with Crippen molar-refractivity contribution in [2.75, 3.05) is 0 Å². The lowest BCUT2D eigenvalue weighted by molar-refractivity contribution is 0.117. The molecule has 1 atom stereocenters. The summed E-state index contributed by atoms with van der Waals surface area (Å²) >= 11 is 0. The fourth-order valence-electron chi connectivity index (χ4n) is 0.958. The van der Waals surface area contributed by atoms with Crippen molar-refractivity contribution in [1.82, 2.24) is 0 Å². The summed E-state index contributed by atoms with van der Waals surface area (Å²) in [5.74, 6) is -0.152. The Balaban J connectivity index is 3.33. The molecule has 1 nitrogen and oxygen atoms in total. The average Bonchev–Trinajstić information content (AvgIpc) is 2.09. The van der Waals surface area contributed by atoms with Gasteiger partial charge in [0.1, 0.15) is 0 Å². The SMILES string of the molecule is C#C[C@@](C)(O)c1cccc(F)c1F. The van der Waals surface area contributed by atoms with Crippen molar-refractivity contribution in [3.8, 4) is 12.3 Å². The quantitative estimate of drug-likeness (QED) is 0.656. The summed E-state index contributed by atoms with van der Waals surface area (Å²) in [5.41, 5.74) is -2.00. The molecule has 0 aliphatic carbocycles. The van der Waals surface area contributed by atoms with E-state index >= 15 is 0 Å². The molecule has 1 N–H and O–H groups in total. The number of halogens is 2. The fraction of sp³-hybridized carbons (Fsp3) is 0.200. The van der Waals surface area contributed by atoms with Crippen molar-refractivity contribution >= 4 is 0 Å². The van der Waals surface area contributed by atoms with Gasteiger partial charge in [-0.05, 0) is 13.0 Å². The van der Waals surface area contributed by atoms with Gasteiger partial charge in [-0.15, -0.1) is 6.42 Å². The standard InChI is InChI=1S/C10H8F2O/c1-3-10(2,13)7-5-4-6-8(11)9(7)12/h1,4-6,13H,2H3/t10-/m1/s1. The molecule has 0 unspecified atom stereocenters. The Morgan fingerprint density at radius 2 is 2.08 bits per heavy atom. The summed E-state index contributed by atoms with van der Waals surface area (Å²) in [4.78, 5) is 0. The van der Waals surface area contributed by atoms with Crippen LogP contribution in [-0.4, -0.2) is 5.11 Å². The van der Waals surface area contributed by atoms with Crippen LogP contribution >= 0.6 is 0 Å². The van der Waals surface area contributed by atoms with E-state index in [0.717, 1.165) is 6.07 Å². The van der Waals surface area contributed by atoms with Crippen LogP contribution < -0.4 is 0 Å². The molecule has 0 aliphatic heterocycles. The van der Waals surface area contributed by atoms with E-state index in [9.17, 15) is 13.9 Å². The van der Waals surface area contributed by atoms with Gasteiger partial charge in [0.25, 0.3) is 0 Å².